The summed E-state index contributed by atoms with van der Waals surface area (Å²) in [5, 5.41) is 4.63. The van der Waals surface area contributed by atoms with Crippen LogP contribution in [-0.4, -0.2) is 76.8 Å². The molecule has 1 aliphatic rings. The lowest BCUT2D eigenvalue weighted by Crippen LogP contribution is -2.46. The van der Waals surface area contributed by atoms with Crippen LogP contribution in [0.15, 0.2) is 36.4 Å². The lowest BCUT2D eigenvalue weighted by molar-refractivity contribution is -0.166. The highest BCUT2D eigenvalue weighted by molar-refractivity contribution is 5.89. The number of aromatic nitrogens is 3. The van der Waals surface area contributed by atoms with Crippen LogP contribution in [0.2, 0.25) is 0 Å². The van der Waals surface area contributed by atoms with Gasteiger partial charge in [0.05, 0.1) is 42.7 Å². The summed E-state index contributed by atoms with van der Waals surface area (Å²) in [5.74, 6) is -0.375. The van der Waals surface area contributed by atoms with E-state index in [1.807, 2.05) is 45.9 Å². The molecule has 1 unspecified atom stereocenters. The van der Waals surface area contributed by atoms with Crippen LogP contribution in [0.4, 0.5) is 5.82 Å². The van der Waals surface area contributed by atoms with Gasteiger partial charge < -0.3 is 28.6 Å². The van der Waals surface area contributed by atoms with Gasteiger partial charge in [0.1, 0.15) is 5.82 Å². The first-order valence-electron chi connectivity index (χ1n) is 17.3. The molecule has 11 nitrogen and oxygen atoms in total. The highest BCUT2D eigenvalue weighted by Crippen LogP contribution is 2.38. The van der Waals surface area contributed by atoms with Crippen LogP contribution in [0.5, 0.6) is 0 Å². The van der Waals surface area contributed by atoms with Crippen LogP contribution in [0, 0.1) is 6.92 Å². The second kappa shape index (κ2) is 16.7. The largest absolute Gasteiger partial charge is 0.464 e. The molecule has 0 aliphatic carbocycles. The van der Waals surface area contributed by atoms with Crippen molar-refractivity contribution < 1.29 is 33.3 Å². The van der Waals surface area contributed by atoms with Crippen molar-refractivity contribution in [3.8, 4) is 0 Å². The second-order valence-corrected chi connectivity index (χ2v) is 13.7. The molecule has 3 heterocycles. The van der Waals surface area contributed by atoms with Crippen LogP contribution < -0.4 is 4.90 Å². The number of hydrogen-bond donors (Lipinski definition) is 0. The van der Waals surface area contributed by atoms with Gasteiger partial charge in [-0.15, -0.1) is 0 Å². The van der Waals surface area contributed by atoms with Crippen LogP contribution in [-0.2, 0) is 35.1 Å². The minimum atomic E-state index is -1.05. The Hall–Kier alpha value is -3.54. The Labute approximate surface area is 285 Å². The Bertz CT molecular complexity index is 1490. The fraction of sp³-hybridized carbons (Fsp3) is 0.622. The standard InChI is InChI=1S/C37H54N4O7/c1-9-44-34(42)29-24-30-38-27(4)31(32(35(43)45-10-2)48-36(5,6)7)33(41(30)39-29)40-21-19-37(8,20-22-40)47-23-15-14-16-26(3)46-25-28-17-12-11-13-18-28/h11-13,17-18,24,26,32H,9-10,14-16,19-23,25H2,1-8H3/t26?,32-/m0/s1. The van der Waals surface area contributed by atoms with Crippen LogP contribution in [0.1, 0.15) is 114 Å². The van der Waals surface area contributed by atoms with Crippen molar-refractivity contribution >= 4 is 23.4 Å². The number of esters is 2. The molecule has 48 heavy (non-hydrogen) atoms. The van der Waals surface area contributed by atoms with E-state index in [2.05, 4.69) is 36.0 Å². The van der Waals surface area contributed by atoms with Gasteiger partial charge in [-0.25, -0.2) is 14.6 Å². The molecule has 11 heteroatoms. The molecule has 2 aromatic heterocycles. The number of benzene rings is 1. The molecule has 264 valence electrons. The first-order chi connectivity index (χ1) is 22.8. The van der Waals surface area contributed by atoms with Gasteiger partial charge in [-0.2, -0.15) is 9.61 Å². The molecular weight excluding hydrogens is 612 g/mol. The predicted octanol–water partition coefficient (Wildman–Crippen LogP) is 6.78. The first kappa shape index (κ1) is 37.3. The molecule has 0 amide bonds. The molecule has 0 saturated carbocycles. The molecule has 1 aliphatic heterocycles. The molecule has 1 aromatic carbocycles. The Morgan fingerprint density at radius 3 is 2.35 bits per heavy atom. The Morgan fingerprint density at radius 1 is 1.02 bits per heavy atom. The monoisotopic (exact) mass is 666 g/mol. The maximum absolute atomic E-state index is 13.4. The second-order valence-electron chi connectivity index (χ2n) is 13.7. The third-order valence-corrected chi connectivity index (χ3v) is 8.48. The fourth-order valence-electron chi connectivity index (χ4n) is 5.91. The average molecular weight is 667 g/mol. The molecular formula is C37H54N4O7. The van der Waals surface area contributed by atoms with Gasteiger partial charge in [0.2, 0.25) is 0 Å². The van der Waals surface area contributed by atoms with E-state index in [1.165, 1.54) is 5.56 Å². The number of nitrogens with zero attached hydrogens (tertiary/aromatic N) is 4. The minimum Gasteiger partial charge on any atom is -0.464 e. The van der Waals surface area contributed by atoms with Gasteiger partial charge >= 0.3 is 11.9 Å². The fourth-order valence-corrected chi connectivity index (χ4v) is 5.91. The van der Waals surface area contributed by atoms with Gasteiger partial charge in [0.15, 0.2) is 17.4 Å². The van der Waals surface area contributed by atoms with Crippen LogP contribution >= 0.6 is 0 Å². The lowest BCUT2D eigenvalue weighted by atomic mass is 9.92. The van der Waals surface area contributed by atoms with E-state index >= 15 is 0 Å². The van der Waals surface area contributed by atoms with Crippen molar-refractivity contribution in [2.24, 2.45) is 0 Å². The van der Waals surface area contributed by atoms with Gasteiger partial charge in [0, 0.05) is 31.5 Å². The maximum atomic E-state index is 13.4. The summed E-state index contributed by atoms with van der Waals surface area (Å²) in [5.41, 5.74) is 2.04. The zero-order valence-electron chi connectivity index (χ0n) is 30.0. The third kappa shape index (κ3) is 9.99. The minimum absolute atomic E-state index is 0.150. The van der Waals surface area contributed by atoms with E-state index in [9.17, 15) is 9.59 Å². The van der Waals surface area contributed by atoms with Gasteiger partial charge in [-0.05, 0) is 93.1 Å². The number of carbonyl (C=O) groups is 2. The molecule has 0 N–H and O–H groups in total. The predicted molar refractivity (Wildman–Crippen MR) is 184 cm³/mol. The molecule has 0 radical (unpaired) electrons. The Kier molecular flexibility index (Phi) is 13.0. The normalized spacial score (nSPS) is 16.1. The van der Waals surface area contributed by atoms with Crippen molar-refractivity contribution in [3.05, 3.63) is 58.9 Å². The summed E-state index contributed by atoms with van der Waals surface area (Å²) in [6.07, 6.45) is 3.64. The molecule has 0 spiro atoms. The number of ether oxygens (including phenoxy) is 5. The summed E-state index contributed by atoms with van der Waals surface area (Å²) < 4.78 is 31.2. The molecule has 2 atom stereocenters. The number of anilines is 1. The number of fused-ring (bicyclic) bond motifs is 1. The SMILES string of the molecule is CCOC(=O)c1cc2nc(C)c([C@H](OC(C)(C)C)C(=O)OCC)c(N3CCC(C)(OCCCCC(C)OCc4ccccc4)CC3)n2n1. The summed E-state index contributed by atoms with van der Waals surface area (Å²) in [7, 11) is 0. The highest BCUT2D eigenvalue weighted by Gasteiger charge is 2.38. The molecule has 0 bridgehead atoms. The van der Waals surface area contributed by atoms with Crippen molar-refractivity contribution in [1.29, 1.82) is 0 Å². The van der Waals surface area contributed by atoms with Crippen molar-refractivity contribution in [3.63, 3.8) is 0 Å². The number of rotatable bonds is 16. The topological polar surface area (TPSA) is 114 Å². The van der Waals surface area contributed by atoms with E-state index in [0.29, 0.717) is 49.0 Å². The summed E-state index contributed by atoms with van der Waals surface area (Å²) >= 11 is 0. The maximum Gasteiger partial charge on any atom is 0.358 e. The summed E-state index contributed by atoms with van der Waals surface area (Å²) in [4.78, 5) is 33.1. The van der Waals surface area contributed by atoms with E-state index < -0.39 is 23.6 Å². The zero-order chi connectivity index (χ0) is 34.9. The van der Waals surface area contributed by atoms with Gasteiger partial charge in [0.25, 0.3) is 0 Å². The number of piperidine rings is 1. The number of hydrogen-bond acceptors (Lipinski definition) is 10. The van der Waals surface area contributed by atoms with Gasteiger partial charge in [-0.1, -0.05) is 30.3 Å². The smallest absolute Gasteiger partial charge is 0.358 e. The average Bonchev–Trinajstić information content (AvgIpc) is 3.47. The van der Waals surface area contributed by atoms with E-state index in [0.717, 1.165) is 32.1 Å². The Balaban J connectivity index is 1.48. The van der Waals surface area contributed by atoms with E-state index in [4.69, 9.17) is 28.7 Å². The molecule has 1 fully saturated rings. The molecule has 4 rings (SSSR count). The Morgan fingerprint density at radius 2 is 1.71 bits per heavy atom. The summed E-state index contributed by atoms with van der Waals surface area (Å²) in [6, 6.07) is 11.9. The van der Waals surface area contributed by atoms with Crippen LogP contribution in [0.3, 0.4) is 0 Å². The third-order valence-electron chi connectivity index (χ3n) is 8.48. The van der Waals surface area contributed by atoms with Crippen molar-refractivity contribution in [2.45, 2.75) is 118 Å². The van der Waals surface area contributed by atoms with Gasteiger partial charge in [-0.3, -0.25) is 0 Å². The van der Waals surface area contributed by atoms with E-state index in [-0.39, 0.29) is 30.6 Å². The van der Waals surface area contributed by atoms with Crippen LogP contribution in [0.25, 0.3) is 5.65 Å². The molecule has 1 saturated heterocycles. The quantitative estimate of drug-likeness (QED) is 0.120. The number of unbranched alkanes of at least 4 members (excludes halogenated alkanes) is 1. The lowest BCUT2D eigenvalue weighted by Gasteiger charge is -2.41. The number of carbonyl (C=O) groups excluding carboxylic acids is 2. The molecule has 3 aromatic rings. The van der Waals surface area contributed by atoms with Crippen molar-refractivity contribution in [1.82, 2.24) is 14.6 Å². The van der Waals surface area contributed by atoms with Crippen molar-refractivity contribution in [2.75, 3.05) is 37.8 Å². The zero-order valence-corrected chi connectivity index (χ0v) is 30.0. The summed E-state index contributed by atoms with van der Waals surface area (Å²) in [6.45, 7) is 18.4. The highest BCUT2D eigenvalue weighted by atomic mass is 16.6. The first-order valence-corrected chi connectivity index (χ1v) is 17.3. The van der Waals surface area contributed by atoms with E-state index in [1.54, 1.807) is 24.4 Å². The number of aryl methyl sites for hydroxylation is 1.